The monoisotopic (exact) mass is 301 g/mol. The van der Waals surface area contributed by atoms with Crippen LogP contribution in [-0.2, 0) is 6.42 Å². The van der Waals surface area contributed by atoms with Crippen LogP contribution in [0, 0.1) is 34.5 Å². The minimum Gasteiger partial charge on any atom is -0.197 e. The van der Waals surface area contributed by atoms with E-state index in [1.54, 1.807) is 0 Å². The summed E-state index contributed by atoms with van der Waals surface area (Å²) < 4.78 is 0. The number of rotatable bonds is 4. The number of hydrogen-bond acceptors (Lipinski definition) is 1. The van der Waals surface area contributed by atoms with Crippen molar-refractivity contribution in [1.29, 1.82) is 5.26 Å². The summed E-state index contributed by atoms with van der Waals surface area (Å²) in [4.78, 5) is 0. The van der Waals surface area contributed by atoms with Gasteiger partial charge in [0.1, 0.15) is 5.41 Å². The molecule has 2 aromatic rings. The lowest BCUT2D eigenvalue weighted by atomic mass is 9.94. The number of nitrogens with zero attached hydrogens (tertiary/aromatic N) is 1. The predicted molar refractivity (Wildman–Crippen MR) is 97.7 cm³/mol. The fourth-order valence-electron chi connectivity index (χ4n) is 2.54. The molecule has 0 saturated heterocycles. The van der Waals surface area contributed by atoms with Gasteiger partial charge in [-0.1, -0.05) is 67.3 Å². The van der Waals surface area contributed by atoms with E-state index >= 15 is 0 Å². The summed E-state index contributed by atoms with van der Waals surface area (Å²) in [5, 5.41) is 11.6. The summed E-state index contributed by atoms with van der Waals surface area (Å²) >= 11 is 0. The Morgan fingerprint density at radius 3 is 2.65 bits per heavy atom. The second-order valence-corrected chi connectivity index (χ2v) is 6.59. The van der Waals surface area contributed by atoms with Crippen molar-refractivity contribution in [3.05, 3.63) is 60.2 Å². The molecule has 0 aliphatic rings. The van der Waals surface area contributed by atoms with E-state index in [2.05, 4.69) is 73.4 Å². The highest BCUT2D eigenvalue weighted by Gasteiger charge is 2.10. The van der Waals surface area contributed by atoms with Crippen LogP contribution in [0.4, 0.5) is 0 Å². The highest BCUT2D eigenvalue weighted by Crippen LogP contribution is 2.22. The first-order valence-corrected chi connectivity index (χ1v) is 8.07. The number of allylic oxidation sites excluding steroid dienone is 2. The van der Waals surface area contributed by atoms with E-state index in [4.69, 9.17) is 5.26 Å². The molecule has 0 aliphatic heterocycles. The highest BCUT2D eigenvalue weighted by molar-refractivity contribution is 5.85. The third-order valence-electron chi connectivity index (χ3n) is 3.85. The van der Waals surface area contributed by atoms with Crippen LogP contribution in [0.5, 0.6) is 0 Å². The molecule has 1 atom stereocenters. The van der Waals surface area contributed by atoms with Gasteiger partial charge < -0.3 is 0 Å². The lowest BCUT2D eigenvalue weighted by Gasteiger charge is -2.11. The Morgan fingerprint density at radius 2 is 1.87 bits per heavy atom. The van der Waals surface area contributed by atoms with E-state index in [0.29, 0.717) is 5.92 Å². The van der Waals surface area contributed by atoms with Crippen molar-refractivity contribution in [2.24, 2.45) is 11.3 Å². The molecule has 116 valence electrons. The average Bonchev–Trinajstić information content (AvgIpc) is 2.55. The Morgan fingerprint density at radius 1 is 1.13 bits per heavy atom. The van der Waals surface area contributed by atoms with E-state index in [-0.39, 0.29) is 0 Å². The van der Waals surface area contributed by atoms with Gasteiger partial charge in [0.05, 0.1) is 6.07 Å². The number of benzene rings is 2. The Labute approximate surface area is 139 Å². The van der Waals surface area contributed by atoms with Gasteiger partial charge in [0.15, 0.2) is 0 Å². The maximum atomic E-state index is 8.91. The standard InChI is InChI=1S/C22H23N/c1-18(10-5-4-8-15-22(2,3)17-23)16-20-13-9-12-19-11-6-7-14-21(19)20/h4-7,9,11-14,18H,10,16H2,1-3H3/b5-4+. The largest absolute Gasteiger partial charge is 0.197 e. The molecular weight excluding hydrogens is 278 g/mol. The first-order chi connectivity index (χ1) is 11.0. The minimum atomic E-state index is -0.571. The zero-order valence-electron chi connectivity index (χ0n) is 14.1. The smallest absolute Gasteiger partial charge is 0.112 e. The fourth-order valence-corrected chi connectivity index (χ4v) is 2.54. The summed E-state index contributed by atoms with van der Waals surface area (Å²) in [6, 6.07) is 17.2. The van der Waals surface area contributed by atoms with Crippen LogP contribution in [0.3, 0.4) is 0 Å². The molecule has 0 saturated carbocycles. The quantitative estimate of drug-likeness (QED) is 0.682. The van der Waals surface area contributed by atoms with Gasteiger partial charge in [-0.05, 0) is 55.0 Å². The third kappa shape index (κ3) is 5.01. The van der Waals surface area contributed by atoms with Gasteiger partial charge in [0, 0.05) is 0 Å². The molecule has 0 N–H and O–H groups in total. The van der Waals surface area contributed by atoms with E-state index in [1.165, 1.54) is 16.3 Å². The Kier molecular flexibility index (Phi) is 5.61. The van der Waals surface area contributed by atoms with Crippen LogP contribution in [0.25, 0.3) is 10.8 Å². The number of hydrogen-bond donors (Lipinski definition) is 0. The maximum absolute atomic E-state index is 8.91. The van der Waals surface area contributed by atoms with Crippen LogP contribution in [0.15, 0.2) is 54.6 Å². The van der Waals surface area contributed by atoms with Gasteiger partial charge >= 0.3 is 0 Å². The van der Waals surface area contributed by atoms with Crippen molar-refractivity contribution >= 4 is 10.8 Å². The van der Waals surface area contributed by atoms with Crippen LogP contribution >= 0.6 is 0 Å². The minimum absolute atomic E-state index is 0.558. The fraction of sp³-hybridized carbons (Fsp3) is 0.318. The van der Waals surface area contributed by atoms with Crippen molar-refractivity contribution in [2.45, 2.75) is 33.6 Å². The van der Waals surface area contributed by atoms with Crippen molar-refractivity contribution < 1.29 is 0 Å². The average molecular weight is 301 g/mol. The summed E-state index contributed by atoms with van der Waals surface area (Å²) in [6.07, 6.45) is 6.03. The summed E-state index contributed by atoms with van der Waals surface area (Å²) in [5.41, 5.74) is 0.833. The maximum Gasteiger partial charge on any atom is 0.112 e. The second-order valence-electron chi connectivity index (χ2n) is 6.59. The molecule has 2 rings (SSSR count). The van der Waals surface area contributed by atoms with Crippen molar-refractivity contribution in [3.63, 3.8) is 0 Å². The van der Waals surface area contributed by atoms with Crippen LogP contribution in [0.2, 0.25) is 0 Å². The zero-order valence-corrected chi connectivity index (χ0v) is 14.1. The van der Waals surface area contributed by atoms with Crippen molar-refractivity contribution in [1.82, 2.24) is 0 Å². The number of nitriles is 1. The van der Waals surface area contributed by atoms with Gasteiger partial charge in [-0.25, -0.2) is 0 Å². The Bertz CT molecular complexity index is 789. The molecule has 23 heavy (non-hydrogen) atoms. The van der Waals surface area contributed by atoms with E-state index in [0.717, 1.165) is 12.8 Å². The molecule has 0 bridgehead atoms. The van der Waals surface area contributed by atoms with Crippen LogP contribution in [0.1, 0.15) is 32.8 Å². The lowest BCUT2D eigenvalue weighted by Crippen LogP contribution is -2.02. The molecule has 1 unspecified atom stereocenters. The van der Waals surface area contributed by atoms with Crippen molar-refractivity contribution in [2.75, 3.05) is 0 Å². The van der Waals surface area contributed by atoms with E-state index < -0.39 is 5.41 Å². The molecule has 0 amide bonds. The third-order valence-corrected chi connectivity index (χ3v) is 3.85. The lowest BCUT2D eigenvalue weighted by molar-refractivity contribution is 0.592. The summed E-state index contributed by atoms with van der Waals surface area (Å²) in [6.45, 7) is 5.92. The second kappa shape index (κ2) is 7.66. The molecule has 0 fully saturated rings. The molecule has 0 aliphatic carbocycles. The first-order valence-electron chi connectivity index (χ1n) is 8.07. The first kappa shape index (κ1) is 16.9. The van der Waals surface area contributed by atoms with Gasteiger partial charge in [-0.2, -0.15) is 5.26 Å². The molecule has 0 radical (unpaired) electrons. The summed E-state index contributed by atoms with van der Waals surface area (Å²) in [7, 11) is 0. The number of fused-ring (bicyclic) bond motifs is 1. The molecular formula is C22H23N. The Hall–Kier alpha value is -2.51. The van der Waals surface area contributed by atoms with Crippen LogP contribution < -0.4 is 0 Å². The molecule has 1 heteroatoms. The van der Waals surface area contributed by atoms with E-state index in [1.807, 2.05) is 19.9 Å². The SMILES string of the molecule is CC(C/C=C/C#CC(C)(C)C#N)Cc1cccc2ccccc12. The Balaban J connectivity index is 1.97. The molecule has 1 nitrogen and oxygen atoms in total. The van der Waals surface area contributed by atoms with E-state index in [9.17, 15) is 0 Å². The topological polar surface area (TPSA) is 23.8 Å². The molecule has 0 spiro atoms. The molecule has 2 aromatic carbocycles. The van der Waals surface area contributed by atoms with Gasteiger partial charge in [0.25, 0.3) is 0 Å². The van der Waals surface area contributed by atoms with Crippen LogP contribution in [-0.4, -0.2) is 0 Å². The van der Waals surface area contributed by atoms with Gasteiger partial charge in [-0.15, -0.1) is 0 Å². The molecule has 0 aromatic heterocycles. The predicted octanol–water partition coefficient (Wildman–Crippen LogP) is 5.52. The molecule has 0 heterocycles. The van der Waals surface area contributed by atoms with Crippen molar-refractivity contribution in [3.8, 4) is 17.9 Å². The highest BCUT2D eigenvalue weighted by atomic mass is 14.3. The van der Waals surface area contributed by atoms with Gasteiger partial charge in [0.2, 0.25) is 0 Å². The normalized spacial score (nSPS) is 12.6. The summed E-state index contributed by atoms with van der Waals surface area (Å²) in [5.74, 6) is 6.49. The van der Waals surface area contributed by atoms with Gasteiger partial charge in [-0.3, -0.25) is 0 Å². The zero-order chi connectivity index (χ0) is 16.7.